The number of primary amides is 1. The van der Waals surface area contributed by atoms with Gasteiger partial charge in [-0.1, -0.05) is 0 Å². The molecule has 0 aromatic heterocycles. The van der Waals surface area contributed by atoms with Crippen LogP contribution in [0.5, 0.6) is 0 Å². The van der Waals surface area contributed by atoms with Crippen molar-refractivity contribution in [2.45, 2.75) is 50.9 Å². The molecule has 0 spiro atoms. The molecule has 4 unspecified atom stereocenters. The second-order valence-corrected chi connectivity index (χ2v) is 5.68. The molecule has 0 aromatic rings. The van der Waals surface area contributed by atoms with Gasteiger partial charge in [-0.15, -0.1) is 0 Å². The molecule has 0 aliphatic rings. The van der Waals surface area contributed by atoms with Gasteiger partial charge in [-0.05, 0) is 20.3 Å². The van der Waals surface area contributed by atoms with Gasteiger partial charge in [0.2, 0.25) is 23.6 Å². The first-order valence-electron chi connectivity index (χ1n) is 7.77. The number of carboxylic acid groups (broad SMARTS) is 1. The Balaban J connectivity index is 4.78. The molecular weight excluding hydrogens is 350 g/mol. The van der Waals surface area contributed by atoms with Gasteiger partial charge in [0, 0.05) is 6.42 Å². The highest BCUT2D eigenvalue weighted by atomic mass is 16.4. The molecule has 12 nitrogen and oxygen atoms in total. The van der Waals surface area contributed by atoms with Gasteiger partial charge in [-0.2, -0.15) is 0 Å². The Morgan fingerprint density at radius 2 is 1.62 bits per heavy atom. The lowest BCUT2D eigenvalue weighted by Gasteiger charge is -2.21. The topological polar surface area (TPSA) is 214 Å². The predicted molar refractivity (Wildman–Crippen MR) is 88.3 cm³/mol. The van der Waals surface area contributed by atoms with Gasteiger partial charge in [0.1, 0.15) is 18.1 Å². The number of carbonyl (C=O) groups is 5. The van der Waals surface area contributed by atoms with Crippen LogP contribution in [-0.2, 0) is 24.0 Å². The normalized spacial score (nSPS) is 15.1. The van der Waals surface area contributed by atoms with Crippen molar-refractivity contribution in [1.29, 1.82) is 0 Å². The molecule has 0 aliphatic carbocycles. The SMILES string of the molecule is CC(NC(=O)CNC(=O)C(CCC(N)=O)NC(=O)C(N)C(C)O)C(=O)O. The monoisotopic (exact) mass is 375 g/mol. The molecule has 148 valence electrons. The third-order valence-corrected chi connectivity index (χ3v) is 3.31. The third kappa shape index (κ3) is 8.94. The van der Waals surface area contributed by atoms with Crippen molar-refractivity contribution in [3.63, 3.8) is 0 Å². The summed E-state index contributed by atoms with van der Waals surface area (Å²) in [6, 6.07) is -3.66. The summed E-state index contributed by atoms with van der Waals surface area (Å²) in [5, 5.41) is 24.6. The summed E-state index contributed by atoms with van der Waals surface area (Å²) in [4.78, 5) is 57.1. The predicted octanol–water partition coefficient (Wildman–Crippen LogP) is -3.85. The number of carbonyl (C=O) groups excluding carboxylic acids is 4. The first-order chi connectivity index (χ1) is 12.0. The number of nitrogens with one attached hydrogen (secondary N) is 3. The summed E-state index contributed by atoms with van der Waals surface area (Å²) in [7, 11) is 0. The minimum Gasteiger partial charge on any atom is -0.480 e. The molecule has 0 bridgehead atoms. The van der Waals surface area contributed by atoms with Crippen LogP contribution in [0.3, 0.4) is 0 Å². The van der Waals surface area contributed by atoms with Crippen molar-refractivity contribution >= 4 is 29.6 Å². The van der Waals surface area contributed by atoms with Gasteiger partial charge in [-0.3, -0.25) is 24.0 Å². The van der Waals surface area contributed by atoms with Crippen molar-refractivity contribution in [3.8, 4) is 0 Å². The highest BCUT2D eigenvalue weighted by Gasteiger charge is 2.26. The fourth-order valence-corrected chi connectivity index (χ4v) is 1.69. The molecule has 9 N–H and O–H groups in total. The molecule has 0 aromatic carbocycles. The van der Waals surface area contributed by atoms with Crippen LogP contribution < -0.4 is 27.4 Å². The molecule has 12 heteroatoms. The Kier molecular flexibility index (Phi) is 9.84. The van der Waals surface area contributed by atoms with Crippen molar-refractivity contribution in [1.82, 2.24) is 16.0 Å². The summed E-state index contributed by atoms with van der Waals surface area (Å²) in [5.41, 5.74) is 10.5. The van der Waals surface area contributed by atoms with Gasteiger partial charge in [0.15, 0.2) is 0 Å². The Morgan fingerprint density at radius 3 is 2.08 bits per heavy atom. The van der Waals surface area contributed by atoms with E-state index in [9.17, 15) is 29.1 Å². The van der Waals surface area contributed by atoms with E-state index in [1.54, 1.807) is 0 Å². The van der Waals surface area contributed by atoms with E-state index >= 15 is 0 Å². The zero-order valence-corrected chi connectivity index (χ0v) is 14.5. The van der Waals surface area contributed by atoms with Crippen molar-refractivity contribution in [2.75, 3.05) is 6.54 Å². The highest BCUT2D eigenvalue weighted by molar-refractivity contribution is 5.93. The molecule has 26 heavy (non-hydrogen) atoms. The van der Waals surface area contributed by atoms with E-state index in [0.29, 0.717) is 0 Å². The maximum absolute atomic E-state index is 12.1. The van der Waals surface area contributed by atoms with Crippen LogP contribution in [0, 0.1) is 0 Å². The van der Waals surface area contributed by atoms with E-state index in [-0.39, 0.29) is 12.8 Å². The first-order valence-corrected chi connectivity index (χ1v) is 7.77. The Bertz CT molecular complexity index is 552. The Morgan fingerprint density at radius 1 is 1.04 bits per heavy atom. The average Bonchev–Trinajstić information content (AvgIpc) is 2.54. The number of rotatable bonds is 11. The Hall–Kier alpha value is -2.73. The molecule has 0 saturated carbocycles. The Labute approximate surface area is 149 Å². The lowest BCUT2D eigenvalue weighted by Crippen LogP contribution is -2.55. The highest BCUT2D eigenvalue weighted by Crippen LogP contribution is 2.00. The lowest BCUT2D eigenvalue weighted by atomic mass is 10.1. The second kappa shape index (κ2) is 11.0. The molecule has 0 radical (unpaired) electrons. The van der Waals surface area contributed by atoms with Crippen molar-refractivity contribution < 1.29 is 34.2 Å². The number of hydrogen-bond donors (Lipinski definition) is 7. The second-order valence-electron chi connectivity index (χ2n) is 5.68. The minimum atomic E-state index is -1.29. The van der Waals surface area contributed by atoms with Gasteiger partial charge >= 0.3 is 5.97 Å². The zero-order valence-electron chi connectivity index (χ0n) is 14.5. The maximum Gasteiger partial charge on any atom is 0.325 e. The lowest BCUT2D eigenvalue weighted by molar-refractivity contribution is -0.141. The number of aliphatic carboxylic acids is 1. The molecule has 0 fully saturated rings. The number of nitrogens with two attached hydrogens (primary N) is 2. The van der Waals surface area contributed by atoms with Crippen LogP contribution in [-0.4, -0.2) is 70.6 Å². The summed E-state index contributed by atoms with van der Waals surface area (Å²) >= 11 is 0. The van der Waals surface area contributed by atoms with Crippen LogP contribution in [0.15, 0.2) is 0 Å². The fourth-order valence-electron chi connectivity index (χ4n) is 1.69. The van der Waals surface area contributed by atoms with Crippen molar-refractivity contribution in [3.05, 3.63) is 0 Å². The van der Waals surface area contributed by atoms with E-state index < -0.39 is 60.4 Å². The van der Waals surface area contributed by atoms with Crippen LogP contribution in [0.4, 0.5) is 0 Å². The molecule has 0 rings (SSSR count). The minimum absolute atomic E-state index is 0.146. The van der Waals surface area contributed by atoms with Gasteiger partial charge < -0.3 is 37.6 Å². The van der Waals surface area contributed by atoms with Gasteiger partial charge in [0.05, 0.1) is 12.6 Å². The molecule has 4 amide bonds. The number of amides is 4. The van der Waals surface area contributed by atoms with E-state index in [2.05, 4.69) is 16.0 Å². The van der Waals surface area contributed by atoms with Crippen molar-refractivity contribution in [2.24, 2.45) is 11.5 Å². The average molecular weight is 375 g/mol. The van der Waals surface area contributed by atoms with E-state index in [1.807, 2.05) is 0 Å². The third-order valence-electron chi connectivity index (χ3n) is 3.31. The summed E-state index contributed by atoms with van der Waals surface area (Å²) < 4.78 is 0. The molecular formula is C14H25N5O7. The standard InChI is InChI=1S/C14H25N5O7/c1-6(14(25)26)18-10(22)5-17-12(23)8(3-4-9(15)21)19-13(24)11(16)7(2)20/h6-8,11,20H,3-5,16H2,1-2H3,(H2,15,21)(H,17,23)(H,18,22)(H,19,24)(H,25,26). The van der Waals surface area contributed by atoms with E-state index in [1.165, 1.54) is 13.8 Å². The zero-order chi connectivity index (χ0) is 20.4. The molecule has 0 aliphatic heterocycles. The van der Waals surface area contributed by atoms with E-state index in [4.69, 9.17) is 16.6 Å². The van der Waals surface area contributed by atoms with Gasteiger partial charge in [-0.25, -0.2) is 0 Å². The van der Waals surface area contributed by atoms with Crippen LogP contribution >= 0.6 is 0 Å². The van der Waals surface area contributed by atoms with Crippen LogP contribution in [0.2, 0.25) is 0 Å². The van der Waals surface area contributed by atoms with Crippen LogP contribution in [0.25, 0.3) is 0 Å². The van der Waals surface area contributed by atoms with Crippen LogP contribution in [0.1, 0.15) is 26.7 Å². The number of aliphatic hydroxyl groups is 1. The van der Waals surface area contributed by atoms with E-state index in [0.717, 1.165) is 0 Å². The number of hydrogen-bond acceptors (Lipinski definition) is 7. The first kappa shape index (κ1) is 23.3. The summed E-state index contributed by atoms with van der Waals surface area (Å²) in [5.74, 6) is -4.33. The quantitative estimate of drug-likeness (QED) is 0.189. The number of carboxylic acids is 1. The molecule has 0 saturated heterocycles. The summed E-state index contributed by atoms with van der Waals surface area (Å²) in [6.45, 7) is 1.99. The molecule has 0 heterocycles. The largest absolute Gasteiger partial charge is 0.480 e. The number of aliphatic hydroxyl groups excluding tert-OH is 1. The van der Waals surface area contributed by atoms with Gasteiger partial charge in [0.25, 0.3) is 0 Å². The summed E-state index contributed by atoms with van der Waals surface area (Å²) in [6.07, 6.45) is -1.53. The maximum atomic E-state index is 12.1. The molecule has 4 atom stereocenters. The smallest absolute Gasteiger partial charge is 0.325 e. The fraction of sp³-hybridized carbons (Fsp3) is 0.643.